The standard InChI is InChI=1S/C9H15N3O5/c10-5-7(13)6(12-9(16)17)3-1-2-4-11-8(14)15/h6-7,11-13H,1-4H2,(H,14,15)(H,16,17). The highest BCUT2D eigenvalue weighted by Crippen LogP contribution is 2.04. The zero-order chi connectivity index (χ0) is 13.3. The lowest BCUT2D eigenvalue weighted by atomic mass is 10.1. The molecule has 2 atom stereocenters. The third-order valence-corrected chi connectivity index (χ3v) is 2.04. The van der Waals surface area contributed by atoms with Crippen LogP contribution in [0.15, 0.2) is 0 Å². The largest absolute Gasteiger partial charge is 0.465 e. The van der Waals surface area contributed by atoms with Crippen LogP contribution in [0.2, 0.25) is 0 Å². The molecule has 0 aliphatic heterocycles. The molecule has 0 aliphatic rings. The Labute approximate surface area is 97.9 Å². The third-order valence-electron chi connectivity index (χ3n) is 2.04. The van der Waals surface area contributed by atoms with Crippen molar-refractivity contribution in [2.45, 2.75) is 31.4 Å². The number of carboxylic acid groups (broad SMARTS) is 2. The number of rotatable bonds is 7. The highest BCUT2D eigenvalue weighted by atomic mass is 16.4. The molecule has 0 aliphatic carbocycles. The van der Waals surface area contributed by atoms with E-state index in [1.807, 2.05) is 5.32 Å². The molecule has 0 aromatic heterocycles. The van der Waals surface area contributed by atoms with Crippen LogP contribution in [0.25, 0.3) is 0 Å². The maximum Gasteiger partial charge on any atom is 0.405 e. The fourth-order valence-corrected chi connectivity index (χ4v) is 1.24. The Balaban J connectivity index is 3.88. The SMILES string of the molecule is N#CC(O)C(CCCCNC(=O)O)NC(=O)O. The average molecular weight is 245 g/mol. The third kappa shape index (κ3) is 7.87. The minimum atomic E-state index is -1.40. The first-order chi connectivity index (χ1) is 7.97. The predicted molar refractivity (Wildman–Crippen MR) is 56.4 cm³/mol. The van der Waals surface area contributed by atoms with Crippen LogP contribution in [-0.2, 0) is 0 Å². The van der Waals surface area contributed by atoms with Gasteiger partial charge in [-0.1, -0.05) is 0 Å². The number of hydrogen-bond acceptors (Lipinski definition) is 4. The van der Waals surface area contributed by atoms with Crippen LogP contribution in [0, 0.1) is 11.3 Å². The lowest BCUT2D eigenvalue weighted by molar-refractivity contribution is 0.150. The number of aliphatic hydroxyl groups excluding tert-OH is 1. The summed E-state index contributed by atoms with van der Waals surface area (Å²) in [4.78, 5) is 20.5. The smallest absolute Gasteiger partial charge is 0.405 e. The minimum Gasteiger partial charge on any atom is -0.465 e. The number of unbranched alkanes of at least 4 members (excludes halogenated alkanes) is 1. The Hall–Kier alpha value is -2.01. The second-order valence-corrected chi connectivity index (χ2v) is 3.36. The van der Waals surface area contributed by atoms with Gasteiger partial charge in [0.1, 0.15) is 0 Å². The Morgan fingerprint density at radius 2 is 1.88 bits per heavy atom. The van der Waals surface area contributed by atoms with E-state index in [1.165, 1.54) is 0 Å². The van der Waals surface area contributed by atoms with Crippen molar-refractivity contribution in [3.63, 3.8) is 0 Å². The number of amides is 2. The molecule has 0 spiro atoms. The van der Waals surface area contributed by atoms with Gasteiger partial charge >= 0.3 is 12.2 Å². The van der Waals surface area contributed by atoms with Gasteiger partial charge in [0.25, 0.3) is 0 Å². The Morgan fingerprint density at radius 1 is 1.24 bits per heavy atom. The molecule has 17 heavy (non-hydrogen) atoms. The molecule has 2 amide bonds. The molecular weight excluding hydrogens is 230 g/mol. The number of nitriles is 1. The Morgan fingerprint density at radius 3 is 2.35 bits per heavy atom. The molecule has 0 rings (SSSR count). The van der Waals surface area contributed by atoms with E-state index in [0.29, 0.717) is 12.8 Å². The summed E-state index contributed by atoms with van der Waals surface area (Å²) < 4.78 is 0. The van der Waals surface area contributed by atoms with Crippen LogP contribution < -0.4 is 10.6 Å². The van der Waals surface area contributed by atoms with E-state index in [0.717, 1.165) is 0 Å². The molecule has 0 saturated heterocycles. The van der Waals surface area contributed by atoms with Gasteiger partial charge < -0.3 is 26.0 Å². The normalized spacial score (nSPS) is 13.2. The van der Waals surface area contributed by atoms with Gasteiger partial charge in [-0.2, -0.15) is 5.26 Å². The first kappa shape index (κ1) is 15.0. The molecule has 0 radical (unpaired) electrons. The second-order valence-electron chi connectivity index (χ2n) is 3.36. The van der Waals surface area contributed by atoms with Crippen molar-refractivity contribution in [3.8, 4) is 6.07 Å². The van der Waals surface area contributed by atoms with E-state index in [1.54, 1.807) is 6.07 Å². The molecule has 0 fully saturated rings. The van der Waals surface area contributed by atoms with E-state index < -0.39 is 24.3 Å². The molecule has 0 bridgehead atoms. The molecule has 2 unspecified atom stereocenters. The fraction of sp³-hybridized carbons (Fsp3) is 0.667. The lowest BCUT2D eigenvalue weighted by Crippen LogP contribution is -2.42. The lowest BCUT2D eigenvalue weighted by Gasteiger charge is -2.17. The maximum absolute atomic E-state index is 10.4. The molecule has 0 aromatic carbocycles. The summed E-state index contributed by atoms with van der Waals surface area (Å²) in [5.41, 5.74) is 0. The highest BCUT2D eigenvalue weighted by Gasteiger charge is 2.19. The van der Waals surface area contributed by atoms with Gasteiger partial charge in [0.05, 0.1) is 12.1 Å². The van der Waals surface area contributed by atoms with Gasteiger partial charge in [0, 0.05) is 6.54 Å². The molecule has 8 heteroatoms. The van der Waals surface area contributed by atoms with Crippen molar-refractivity contribution in [1.82, 2.24) is 10.6 Å². The zero-order valence-corrected chi connectivity index (χ0v) is 9.09. The summed E-state index contributed by atoms with van der Waals surface area (Å²) in [6.07, 6.45) is -2.58. The van der Waals surface area contributed by atoms with Crippen LogP contribution >= 0.6 is 0 Å². The topological polar surface area (TPSA) is 143 Å². The molecule has 0 heterocycles. The number of carbonyl (C=O) groups is 2. The van der Waals surface area contributed by atoms with Gasteiger partial charge in [-0.15, -0.1) is 0 Å². The minimum absolute atomic E-state index is 0.248. The van der Waals surface area contributed by atoms with Crippen molar-refractivity contribution >= 4 is 12.2 Å². The Bertz CT molecular complexity index is 301. The predicted octanol–water partition coefficient (Wildman–Crippen LogP) is -0.0550. The van der Waals surface area contributed by atoms with Crippen LogP contribution in [0.3, 0.4) is 0 Å². The molecular formula is C9H15N3O5. The molecule has 96 valence electrons. The van der Waals surface area contributed by atoms with E-state index in [4.69, 9.17) is 15.5 Å². The van der Waals surface area contributed by atoms with Crippen molar-refractivity contribution in [2.24, 2.45) is 0 Å². The van der Waals surface area contributed by atoms with E-state index in [2.05, 4.69) is 5.32 Å². The van der Waals surface area contributed by atoms with E-state index in [-0.39, 0.29) is 13.0 Å². The van der Waals surface area contributed by atoms with Gasteiger partial charge in [0.15, 0.2) is 6.10 Å². The fourth-order valence-electron chi connectivity index (χ4n) is 1.24. The van der Waals surface area contributed by atoms with Gasteiger partial charge in [-0.25, -0.2) is 9.59 Å². The summed E-state index contributed by atoms with van der Waals surface area (Å²) in [5.74, 6) is 0. The summed E-state index contributed by atoms with van der Waals surface area (Å²) in [6.45, 7) is 0.248. The Kier molecular flexibility index (Phi) is 7.21. The summed E-state index contributed by atoms with van der Waals surface area (Å²) in [6, 6.07) is 0.691. The van der Waals surface area contributed by atoms with Crippen LogP contribution in [0.4, 0.5) is 9.59 Å². The quantitative estimate of drug-likeness (QED) is 0.314. The van der Waals surface area contributed by atoms with Crippen molar-refractivity contribution in [3.05, 3.63) is 0 Å². The van der Waals surface area contributed by atoms with Crippen molar-refractivity contribution in [2.75, 3.05) is 6.54 Å². The number of aliphatic hydroxyl groups is 1. The summed E-state index contributed by atoms with van der Waals surface area (Å²) >= 11 is 0. The first-order valence-electron chi connectivity index (χ1n) is 5.01. The van der Waals surface area contributed by atoms with Gasteiger partial charge in [-0.05, 0) is 19.3 Å². The van der Waals surface area contributed by atoms with E-state index in [9.17, 15) is 14.7 Å². The average Bonchev–Trinajstić information content (AvgIpc) is 2.25. The summed E-state index contributed by atoms with van der Waals surface area (Å²) in [5, 5.41) is 38.6. The monoisotopic (exact) mass is 245 g/mol. The van der Waals surface area contributed by atoms with Gasteiger partial charge in [-0.3, -0.25) is 0 Å². The van der Waals surface area contributed by atoms with Crippen LogP contribution in [0.5, 0.6) is 0 Å². The maximum atomic E-state index is 10.4. The van der Waals surface area contributed by atoms with Crippen LogP contribution in [-0.4, -0.2) is 46.2 Å². The van der Waals surface area contributed by atoms with Crippen LogP contribution in [0.1, 0.15) is 19.3 Å². The van der Waals surface area contributed by atoms with Crippen molar-refractivity contribution < 1.29 is 24.9 Å². The number of hydrogen-bond donors (Lipinski definition) is 5. The number of nitrogens with zero attached hydrogens (tertiary/aromatic N) is 1. The molecule has 0 saturated carbocycles. The zero-order valence-electron chi connectivity index (χ0n) is 9.09. The first-order valence-corrected chi connectivity index (χ1v) is 5.01. The summed E-state index contributed by atoms with van der Waals surface area (Å²) in [7, 11) is 0. The van der Waals surface area contributed by atoms with Crippen molar-refractivity contribution in [1.29, 1.82) is 5.26 Å². The second kappa shape index (κ2) is 8.18. The number of nitrogens with one attached hydrogen (secondary N) is 2. The molecule has 5 N–H and O–H groups in total. The molecule has 0 aromatic rings. The molecule has 8 nitrogen and oxygen atoms in total. The highest BCUT2D eigenvalue weighted by molar-refractivity contribution is 5.65. The van der Waals surface area contributed by atoms with Gasteiger partial charge in [0.2, 0.25) is 0 Å². The van der Waals surface area contributed by atoms with E-state index >= 15 is 0 Å².